The van der Waals surface area contributed by atoms with Crippen LogP contribution in [0.4, 0.5) is 0 Å². The highest BCUT2D eigenvalue weighted by atomic mass is 79.9. The van der Waals surface area contributed by atoms with Gasteiger partial charge in [-0.3, -0.25) is 4.98 Å². The maximum absolute atomic E-state index is 9.19. The van der Waals surface area contributed by atoms with Crippen LogP contribution in [0.1, 0.15) is 18.2 Å². The van der Waals surface area contributed by atoms with Crippen LogP contribution in [0.3, 0.4) is 0 Å². The van der Waals surface area contributed by atoms with E-state index in [1.54, 1.807) is 12.3 Å². The van der Waals surface area contributed by atoms with Gasteiger partial charge in [0.25, 0.3) is 0 Å². The van der Waals surface area contributed by atoms with Crippen LogP contribution in [-0.2, 0) is 0 Å². The molecule has 1 rings (SSSR count). The first-order chi connectivity index (χ1) is 6.56. The summed E-state index contributed by atoms with van der Waals surface area (Å²) in [6, 6.07) is 1.72. The first-order valence-corrected chi connectivity index (χ1v) is 4.91. The van der Waals surface area contributed by atoms with Gasteiger partial charge in [0.05, 0.1) is 5.56 Å². The summed E-state index contributed by atoms with van der Waals surface area (Å²) in [5.41, 5.74) is 0.954. The molecule has 0 atom stereocenters. The third-order valence-electron chi connectivity index (χ3n) is 1.54. The molecular weight excluding hydrogens is 265 g/mol. The molecule has 0 fully saturated rings. The van der Waals surface area contributed by atoms with Crippen molar-refractivity contribution in [2.45, 2.75) is 6.92 Å². The normalized spacial score (nSPS) is 11.9. The molecule has 0 bridgehead atoms. The minimum atomic E-state index is -0.00186. The van der Waals surface area contributed by atoms with E-state index in [-0.39, 0.29) is 10.8 Å². The zero-order valence-electron chi connectivity index (χ0n) is 7.38. The average Bonchev–Trinajstić information content (AvgIpc) is 2.16. The standard InChI is InChI=1S/C10H7BrClNO/c1-3-7-4-8(11)5-13-10(7)9(12)6(2)14/h1,4-5,14H,2H3/b9-6-. The van der Waals surface area contributed by atoms with Crippen molar-refractivity contribution in [2.24, 2.45) is 0 Å². The summed E-state index contributed by atoms with van der Waals surface area (Å²) < 4.78 is 0.772. The number of hydrogen-bond acceptors (Lipinski definition) is 2. The summed E-state index contributed by atoms with van der Waals surface area (Å²) >= 11 is 9.08. The van der Waals surface area contributed by atoms with E-state index in [4.69, 9.17) is 18.0 Å². The Morgan fingerprint density at radius 3 is 2.86 bits per heavy atom. The third-order valence-corrected chi connectivity index (χ3v) is 2.42. The van der Waals surface area contributed by atoms with Gasteiger partial charge in [-0.2, -0.15) is 0 Å². The van der Waals surface area contributed by atoms with Crippen molar-refractivity contribution in [3.8, 4) is 12.3 Å². The Kier molecular flexibility index (Phi) is 3.56. The van der Waals surface area contributed by atoms with Gasteiger partial charge in [-0.25, -0.2) is 0 Å². The summed E-state index contributed by atoms with van der Waals surface area (Å²) in [7, 11) is 0. The average molecular weight is 273 g/mol. The van der Waals surface area contributed by atoms with Crippen molar-refractivity contribution in [1.82, 2.24) is 4.98 Å². The minimum absolute atomic E-state index is 0.00186. The Balaban J connectivity index is 3.38. The number of allylic oxidation sites excluding steroid dienone is 1. The van der Waals surface area contributed by atoms with E-state index >= 15 is 0 Å². The Morgan fingerprint density at radius 1 is 1.71 bits per heavy atom. The Bertz CT molecular complexity index is 430. The van der Waals surface area contributed by atoms with Gasteiger partial charge in [0.15, 0.2) is 0 Å². The number of pyridine rings is 1. The van der Waals surface area contributed by atoms with E-state index < -0.39 is 0 Å². The number of halogens is 2. The zero-order chi connectivity index (χ0) is 10.7. The van der Waals surface area contributed by atoms with Crippen LogP contribution >= 0.6 is 27.5 Å². The molecule has 1 aromatic heterocycles. The Hall–Kier alpha value is -0.980. The SMILES string of the molecule is C#Cc1cc(Br)cnc1/C(Cl)=C(\C)O. The molecule has 0 spiro atoms. The fraction of sp³-hybridized carbons (Fsp3) is 0.100. The van der Waals surface area contributed by atoms with Crippen LogP contribution in [0.5, 0.6) is 0 Å². The number of rotatable bonds is 1. The highest BCUT2D eigenvalue weighted by Crippen LogP contribution is 2.24. The molecule has 0 aliphatic rings. The maximum atomic E-state index is 9.19. The predicted molar refractivity (Wildman–Crippen MR) is 60.9 cm³/mol. The van der Waals surface area contributed by atoms with E-state index in [2.05, 4.69) is 26.8 Å². The van der Waals surface area contributed by atoms with Gasteiger partial charge < -0.3 is 5.11 Å². The van der Waals surface area contributed by atoms with Crippen molar-refractivity contribution in [1.29, 1.82) is 0 Å². The fourth-order valence-electron chi connectivity index (χ4n) is 0.896. The number of aliphatic hydroxyl groups is 1. The largest absolute Gasteiger partial charge is 0.511 e. The molecule has 0 saturated carbocycles. The Morgan fingerprint density at radius 2 is 2.36 bits per heavy atom. The summed E-state index contributed by atoms with van der Waals surface area (Å²) in [5.74, 6) is 2.45. The minimum Gasteiger partial charge on any atom is -0.511 e. The van der Waals surface area contributed by atoms with Gasteiger partial charge >= 0.3 is 0 Å². The van der Waals surface area contributed by atoms with E-state index in [1.165, 1.54) is 6.92 Å². The van der Waals surface area contributed by atoms with Crippen molar-refractivity contribution in [2.75, 3.05) is 0 Å². The van der Waals surface area contributed by atoms with Gasteiger partial charge in [0.1, 0.15) is 16.5 Å². The molecule has 0 aliphatic heterocycles. The highest BCUT2D eigenvalue weighted by molar-refractivity contribution is 9.10. The number of hydrogen-bond donors (Lipinski definition) is 1. The third kappa shape index (κ3) is 2.28. The quantitative estimate of drug-likeness (QED) is 0.628. The van der Waals surface area contributed by atoms with Gasteiger partial charge in [-0.1, -0.05) is 17.5 Å². The molecule has 0 aliphatic carbocycles. The lowest BCUT2D eigenvalue weighted by Crippen LogP contribution is -1.92. The van der Waals surface area contributed by atoms with Crippen LogP contribution < -0.4 is 0 Å². The molecule has 1 aromatic rings. The van der Waals surface area contributed by atoms with Gasteiger partial charge in [-0.15, -0.1) is 6.42 Å². The summed E-state index contributed by atoms with van der Waals surface area (Å²) in [6.45, 7) is 1.48. The van der Waals surface area contributed by atoms with Crippen LogP contribution in [0.25, 0.3) is 5.03 Å². The molecule has 0 unspecified atom stereocenters. The molecule has 2 nitrogen and oxygen atoms in total. The molecule has 0 radical (unpaired) electrons. The maximum Gasteiger partial charge on any atom is 0.110 e. The molecular formula is C10H7BrClNO. The molecule has 1 heterocycles. The van der Waals surface area contributed by atoms with E-state index in [0.717, 1.165) is 4.47 Å². The lowest BCUT2D eigenvalue weighted by atomic mass is 10.2. The molecule has 14 heavy (non-hydrogen) atoms. The van der Waals surface area contributed by atoms with Crippen molar-refractivity contribution in [3.05, 3.63) is 33.8 Å². The lowest BCUT2D eigenvalue weighted by molar-refractivity contribution is 0.418. The van der Waals surface area contributed by atoms with Crippen molar-refractivity contribution in [3.63, 3.8) is 0 Å². The molecule has 72 valence electrons. The summed E-state index contributed by atoms with van der Waals surface area (Å²) in [6.07, 6.45) is 6.85. The van der Waals surface area contributed by atoms with Crippen LogP contribution in [0.2, 0.25) is 0 Å². The van der Waals surface area contributed by atoms with Crippen molar-refractivity contribution < 1.29 is 5.11 Å². The Labute approximate surface area is 95.8 Å². The van der Waals surface area contributed by atoms with Crippen molar-refractivity contribution >= 4 is 32.6 Å². The topological polar surface area (TPSA) is 33.1 Å². The lowest BCUT2D eigenvalue weighted by Gasteiger charge is -2.03. The number of terminal acetylenes is 1. The second kappa shape index (κ2) is 4.50. The summed E-state index contributed by atoms with van der Waals surface area (Å²) in [4.78, 5) is 4.03. The molecule has 0 amide bonds. The molecule has 0 aromatic carbocycles. The number of aromatic nitrogens is 1. The highest BCUT2D eigenvalue weighted by Gasteiger charge is 2.09. The molecule has 0 saturated heterocycles. The smallest absolute Gasteiger partial charge is 0.110 e. The number of aliphatic hydroxyl groups excluding tert-OH is 1. The van der Waals surface area contributed by atoms with Crippen LogP contribution in [0.15, 0.2) is 22.5 Å². The molecule has 4 heteroatoms. The van der Waals surface area contributed by atoms with Gasteiger partial charge in [-0.05, 0) is 28.9 Å². The van der Waals surface area contributed by atoms with E-state index in [1.807, 2.05) is 0 Å². The van der Waals surface area contributed by atoms with Gasteiger partial charge in [0.2, 0.25) is 0 Å². The van der Waals surface area contributed by atoms with Crippen LogP contribution in [-0.4, -0.2) is 10.1 Å². The monoisotopic (exact) mass is 271 g/mol. The van der Waals surface area contributed by atoms with Crippen LogP contribution in [0, 0.1) is 12.3 Å². The second-order valence-electron chi connectivity index (χ2n) is 2.59. The first-order valence-electron chi connectivity index (χ1n) is 3.74. The number of nitrogens with zero attached hydrogens (tertiary/aromatic N) is 1. The second-order valence-corrected chi connectivity index (χ2v) is 3.89. The first kappa shape index (κ1) is 11.1. The summed E-state index contributed by atoms with van der Waals surface area (Å²) in [5, 5.41) is 9.36. The fourth-order valence-corrected chi connectivity index (χ4v) is 1.38. The molecule has 1 N–H and O–H groups in total. The van der Waals surface area contributed by atoms with E-state index in [9.17, 15) is 5.11 Å². The van der Waals surface area contributed by atoms with E-state index in [0.29, 0.717) is 11.3 Å². The van der Waals surface area contributed by atoms with Gasteiger partial charge in [0, 0.05) is 10.7 Å². The predicted octanol–water partition coefficient (Wildman–Crippen LogP) is 3.31. The zero-order valence-corrected chi connectivity index (χ0v) is 9.72.